The van der Waals surface area contributed by atoms with Crippen molar-refractivity contribution in [1.29, 1.82) is 0 Å². The van der Waals surface area contributed by atoms with Crippen LogP contribution in [0.4, 0.5) is 13.6 Å². The number of hydrogen-bond acceptors (Lipinski definition) is 8. The van der Waals surface area contributed by atoms with Gasteiger partial charge in [-0.25, -0.2) is 26.8 Å². The molecule has 4 rings (SSSR count). The molecule has 10 nitrogen and oxygen atoms in total. The molecule has 1 aliphatic rings. The van der Waals surface area contributed by atoms with E-state index in [9.17, 15) is 36.7 Å². The quantitative estimate of drug-likeness (QED) is 0.202. The van der Waals surface area contributed by atoms with Gasteiger partial charge in [-0.15, -0.1) is 0 Å². The molecule has 1 amide bonds. The molecule has 0 aromatic heterocycles. The number of carboxylic acid groups (broad SMARTS) is 1. The lowest BCUT2D eigenvalue weighted by molar-refractivity contribution is -0.169. The number of carboxylic acids is 1. The van der Waals surface area contributed by atoms with Crippen LogP contribution >= 0.6 is 0 Å². The van der Waals surface area contributed by atoms with Crippen molar-refractivity contribution >= 4 is 27.9 Å². The Hall–Kier alpha value is -4.52. The fraction of sp³-hybridized carbons (Fsp3) is 0.344. The molecule has 3 aromatic rings. The Kier molecular flexibility index (Phi) is 10.1. The van der Waals surface area contributed by atoms with E-state index in [1.54, 1.807) is 19.9 Å². The topological polar surface area (TPSA) is 145 Å². The summed E-state index contributed by atoms with van der Waals surface area (Å²) in [6, 6.07) is 15.1. The fourth-order valence-corrected chi connectivity index (χ4v) is 6.86. The van der Waals surface area contributed by atoms with Crippen LogP contribution in [0.15, 0.2) is 77.7 Å². The SMILES string of the molecule is CC(OC(=O)N[C@@H](Cc1cccc(S(=O)(=O)C2CC(Oc3cccc(F)c3)(c3ccc(F)cc3)C2)c1)C(=O)O)OC(=O)C(C)C. The zero-order valence-electron chi connectivity index (χ0n) is 24.7. The van der Waals surface area contributed by atoms with E-state index in [4.69, 9.17) is 14.2 Å². The van der Waals surface area contributed by atoms with E-state index >= 15 is 0 Å². The molecule has 2 N–H and O–H groups in total. The minimum atomic E-state index is -3.96. The highest BCUT2D eigenvalue weighted by Gasteiger charge is 2.53. The van der Waals surface area contributed by atoms with Gasteiger partial charge in [0.2, 0.25) is 6.29 Å². The molecule has 3 aromatic carbocycles. The van der Waals surface area contributed by atoms with Crippen LogP contribution in [0, 0.1) is 17.6 Å². The van der Waals surface area contributed by atoms with Crippen LogP contribution in [0.2, 0.25) is 0 Å². The Bertz CT molecular complexity index is 1660. The number of carbonyl (C=O) groups is 3. The van der Waals surface area contributed by atoms with Gasteiger partial charge in [-0.1, -0.05) is 44.2 Å². The van der Waals surface area contributed by atoms with E-state index in [1.165, 1.54) is 73.7 Å². The fourth-order valence-electron chi connectivity index (χ4n) is 4.91. The molecule has 2 atom stereocenters. The van der Waals surface area contributed by atoms with Gasteiger partial charge in [-0.3, -0.25) is 4.79 Å². The molecule has 0 radical (unpaired) electrons. The number of amides is 1. The van der Waals surface area contributed by atoms with E-state index in [1.807, 2.05) is 0 Å². The third kappa shape index (κ3) is 8.15. The van der Waals surface area contributed by atoms with Crippen molar-refractivity contribution in [3.63, 3.8) is 0 Å². The summed E-state index contributed by atoms with van der Waals surface area (Å²) < 4.78 is 70.9. The second kappa shape index (κ2) is 13.6. The van der Waals surface area contributed by atoms with Crippen LogP contribution in [0.1, 0.15) is 44.7 Å². The van der Waals surface area contributed by atoms with Crippen molar-refractivity contribution in [3.8, 4) is 5.75 Å². The van der Waals surface area contributed by atoms with Gasteiger partial charge >= 0.3 is 18.0 Å². The van der Waals surface area contributed by atoms with Crippen molar-refractivity contribution in [2.45, 2.75) is 68.1 Å². The van der Waals surface area contributed by atoms with Gasteiger partial charge in [-0.05, 0) is 47.5 Å². The molecule has 1 fully saturated rings. The molecule has 0 aliphatic heterocycles. The molecule has 13 heteroatoms. The second-order valence-corrected chi connectivity index (χ2v) is 13.3. The molecule has 0 heterocycles. The average Bonchev–Trinajstić information content (AvgIpc) is 2.94. The Morgan fingerprint density at radius 1 is 0.933 bits per heavy atom. The minimum absolute atomic E-state index is 0.00752. The van der Waals surface area contributed by atoms with Crippen molar-refractivity contribution in [3.05, 3.63) is 95.6 Å². The van der Waals surface area contributed by atoms with Crippen molar-refractivity contribution in [2.24, 2.45) is 5.92 Å². The normalized spacial score (nSPS) is 19.1. The van der Waals surface area contributed by atoms with Gasteiger partial charge in [0, 0.05) is 32.3 Å². The lowest BCUT2D eigenvalue weighted by Crippen LogP contribution is -2.52. The number of hydrogen-bond donors (Lipinski definition) is 2. The van der Waals surface area contributed by atoms with E-state index in [-0.39, 0.29) is 29.9 Å². The predicted molar refractivity (Wildman–Crippen MR) is 157 cm³/mol. The number of esters is 1. The van der Waals surface area contributed by atoms with Crippen LogP contribution in [0.5, 0.6) is 5.75 Å². The summed E-state index contributed by atoms with van der Waals surface area (Å²) in [6.07, 6.45) is -2.70. The van der Waals surface area contributed by atoms with E-state index < -0.39 is 68.6 Å². The molecule has 45 heavy (non-hydrogen) atoms. The van der Waals surface area contributed by atoms with Gasteiger partial charge in [0.15, 0.2) is 9.84 Å². The summed E-state index contributed by atoms with van der Waals surface area (Å²) in [5, 5.41) is 11.0. The zero-order chi connectivity index (χ0) is 32.9. The van der Waals surface area contributed by atoms with Gasteiger partial charge in [0.05, 0.1) is 16.1 Å². The summed E-state index contributed by atoms with van der Waals surface area (Å²) in [7, 11) is -3.96. The molecule has 0 spiro atoms. The number of sulfone groups is 1. The summed E-state index contributed by atoms with van der Waals surface area (Å²) in [4.78, 5) is 35.8. The first-order valence-corrected chi connectivity index (χ1v) is 15.7. The number of aliphatic carboxylic acids is 1. The maximum atomic E-state index is 13.9. The average molecular weight is 646 g/mol. The van der Waals surface area contributed by atoms with Crippen LogP contribution in [-0.4, -0.2) is 49.1 Å². The smallest absolute Gasteiger partial charge is 0.410 e. The summed E-state index contributed by atoms with van der Waals surface area (Å²) in [6.45, 7) is 4.49. The Morgan fingerprint density at radius 3 is 2.22 bits per heavy atom. The third-order valence-corrected chi connectivity index (χ3v) is 9.44. The third-order valence-electron chi connectivity index (χ3n) is 7.32. The zero-order valence-corrected chi connectivity index (χ0v) is 25.6. The Morgan fingerprint density at radius 2 is 1.60 bits per heavy atom. The van der Waals surface area contributed by atoms with E-state index in [2.05, 4.69) is 5.32 Å². The lowest BCUT2D eigenvalue weighted by Gasteiger charge is -2.47. The highest BCUT2D eigenvalue weighted by Crippen LogP contribution is 2.49. The van der Waals surface area contributed by atoms with E-state index in [0.717, 1.165) is 0 Å². The second-order valence-electron chi connectivity index (χ2n) is 11.1. The van der Waals surface area contributed by atoms with Gasteiger partial charge in [0.1, 0.15) is 29.0 Å². The molecule has 1 saturated carbocycles. The maximum Gasteiger partial charge on any atom is 0.410 e. The Labute approximate surface area is 259 Å². The van der Waals surface area contributed by atoms with Crippen LogP contribution < -0.4 is 10.1 Å². The number of nitrogens with one attached hydrogen (secondary N) is 1. The summed E-state index contributed by atoms with van der Waals surface area (Å²) in [5.74, 6) is -3.29. The number of carbonyl (C=O) groups excluding carboxylic acids is 2. The maximum absolute atomic E-state index is 13.9. The first kappa shape index (κ1) is 33.4. The number of halogens is 2. The van der Waals surface area contributed by atoms with Crippen LogP contribution in [0.3, 0.4) is 0 Å². The highest BCUT2D eigenvalue weighted by molar-refractivity contribution is 7.92. The number of ether oxygens (including phenoxy) is 3. The molecular formula is C32H33F2NO9S. The highest BCUT2D eigenvalue weighted by atomic mass is 32.2. The molecule has 240 valence electrons. The molecular weight excluding hydrogens is 612 g/mol. The predicted octanol–water partition coefficient (Wildman–Crippen LogP) is 5.14. The first-order valence-electron chi connectivity index (χ1n) is 14.1. The summed E-state index contributed by atoms with van der Waals surface area (Å²) in [5.41, 5.74) is -0.317. The number of rotatable bonds is 12. The molecule has 1 unspecified atom stereocenters. The van der Waals surface area contributed by atoms with Crippen molar-refractivity contribution in [1.82, 2.24) is 5.32 Å². The van der Waals surface area contributed by atoms with Gasteiger partial charge < -0.3 is 24.6 Å². The van der Waals surface area contributed by atoms with Crippen LogP contribution in [0.25, 0.3) is 0 Å². The van der Waals surface area contributed by atoms with Gasteiger partial charge in [-0.2, -0.15) is 0 Å². The summed E-state index contributed by atoms with van der Waals surface area (Å²) >= 11 is 0. The largest absolute Gasteiger partial charge is 0.482 e. The Balaban J connectivity index is 1.48. The lowest BCUT2D eigenvalue weighted by atomic mass is 9.74. The number of alkyl carbamates (subject to hydrolysis) is 1. The monoisotopic (exact) mass is 645 g/mol. The molecule has 1 aliphatic carbocycles. The first-order chi connectivity index (χ1) is 21.2. The minimum Gasteiger partial charge on any atom is -0.482 e. The van der Waals surface area contributed by atoms with Gasteiger partial charge in [0.25, 0.3) is 0 Å². The number of benzene rings is 3. The standard InChI is InChI=1S/C32H33F2NO9S/c1-19(2)30(38)42-20(3)43-31(39)35-28(29(36)37)15-21-6-4-9-26(14-21)45(40,41)27-17-32(18-27,22-10-12-23(33)13-11-22)44-25-8-5-7-24(34)16-25/h4-14,16,19-20,27-28H,15,17-18H2,1-3H3,(H,35,39)(H,36,37)/t20?,27?,28-,32?/m0/s1. The van der Waals surface area contributed by atoms with Crippen molar-refractivity contribution < 1.29 is 50.9 Å². The van der Waals surface area contributed by atoms with Crippen molar-refractivity contribution in [2.75, 3.05) is 0 Å². The molecule has 0 saturated heterocycles. The van der Waals surface area contributed by atoms with E-state index in [0.29, 0.717) is 11.1 Å². The molecule has 0 bridgehead atoms. The van der Waals surface area contributed by atoms with Crippen LogP contribution in [-0.2, 0) is 40.9 Å².